The number of amides is 1. The van der Waals surface area contributed by atoms with Gasteiger partial charge in [0.05, 0.1) is 12.6 Å². The van der Waals surface area contributed by atoms with E-state index in [1.165, 1.54) is 0 Å². The van der Waals surface area contributed by atoms with E-state index in [1.807, 2.05) is 36.9 Å². The topological polar surface area (TPSA) is 82.0 Å². The molecule has 6 heterocycles. The number of halogens is 2. The summed E-state index contributed by atoms with van der Waals surface area (Å²) in [6, 6.07) is 8.26. The number of carbonyl (C=O) groups excluding carboxylic acids is 1. The van der Waals surface area contributed by atoms with E-state index >= 15 is 0 Å². The predicted molar refractivity (Wildman–Crippen MR) is 188 cm³/mol. The number of nitrogens with zero attached hydrogens (tertiary/aromatic N) is 7. The summed E-state index contributed by atoms with van der Waals surface area (Å²) in [5, 5.41) is 8.62. The second-order valence-electron chi connectivity index (χ2n) is 13.9. The lowest BCUT2D eigenvalue weighted by molar-refractivity contribution is -0.129. The summed E-state index contributed by atoms with van der Waals surface area (Å²) in [6.07, 6.45) is 3.76. The van der Waals surface area contributed by atoms with Gasteiger partial charge in [-0.1, -0.05) is 0 Å². The maximum absolute atomic E-state index is 14.9. The summed E-state index contributed by atoms with van der Waals surface area (Å²) in [5.74, 6) is 1.67. The van der Waals surface area contributed by atoms with Crippen molar-refractivity contribution in [2.24, 2.45) is 0 Å². The molecule has 0 atom stereocenters. The molecule has 0 radical (unpaired) electrons. The molecule has 0 bridgehead atoms. The number of rotatable bonds is 8. The minimum Gasteiger partial charge on any atom is -0.381 e. The van der Waals surface area contributed by atoms with Gasteiger partial charge in [-0.15, -0.1) is 0 Å². The first kappa shape index (κ1) is 33.9. The number of ether oxygens (including phenoxy) is 1. The van der Waals surface area contributed by atoms with Crippen LogP contribution in [0.5, 0.6) is 0 Å². The average Bonchev–Trinajstić information content (AvgIpc) is 3.52. The molecule has 49 heavy (non-hydrogen) atoms. The van der Waals surface area contributed by atoms with Crippen molar-refractivity contribution in [3.05, 3.63) is 52.8 Å². The minimum atomic E-state index is -2.67. The second kappa shape index (κ2) is 14.7. The first-order chi connectivity index (χ1) is 23.8. The number of piperidine rings is 1. The van der Waals surface area contributed by atoms with Crippen molar-refractivity contribution in [2.45, 2.75) is 77.9 Å². The number of hydrogen-bond acceptors (Lipinski definition) is 8. The number of alkyl halides is 2. The Bertz CT molecular complexity index is 1610. The summed E-state index contributed by atoms with van der Waals surface area (Å²) in [5.41, 5.74) is 4.90. The van der Waals surface area contributed by atoms with E-state index in [9.17, 15) is 13.6 Å². The third-order valence-electron chi connectivity index (χ3n) is 11.0. The molecule has 3 saturated heterocycles. The van der Waals surface area contributed by atoms with Gasteiger partial charge < -0.3 is 24.8 Å². The van der Waals surface area contributed by atoms with Crippen molar-refractivity contribution in [3.8, 4) is 11.1 Å². The maximum Gasteiger partial charge on any atom is 0.264 e. The van der Waals surface area contributed by atoms with Gasteiger partial charge in [0, 0.05) is 119 Å². The monoisotopic (exact) mass is 676 g/mol. The van der Waals surface area contributed by atoms with Gasteiger partial charge in [-0.3, -0.25) is 14.4 Å². The zero-order chi connectivity index (χ0) is 34.1. The number of carbonyl (C=O) groups is 1. The van der Waals surface area contributed by atoms with Gasteiger partial charge in [0.2, 0.25) is 5.91 Å². The Balaban J connectivity index is 1.16. The molecular weight excluding hydrogens is 626 g/mol. The Morgan fingerprint density at radius 2 is 1.80 bits per heavy atom. The third kappa shape index (κ3) is 6.92. The number of anilines is 3. The van der Waals surface area contributed by atoms with Crippen molar-refractivity contribution in [1.29, 1.82) is 0 Å². The van der Waals surface area contributed by atoms with Gasteiger partial charge in [0.15, 0.2) is 5.82 Å². The van der Waals surface area contributed by atoms with Crippen molar-refractivity contribution < 1.29 is 18.3 Å². The molecule has 0 spiro atoms. The van der Waals surface area contributed by atoms with Crippen molar-refractivity contribution in [1.82, 2.24) is 29.9 Å². The largest absolute Gasteiger partial charge is 0.381 e. The number of nitrogens with one attached hydrogen (secondary N) is 1. The summed E-state index contributed by atoms with van der Waals surface area (Å²) in [6.45, 7) is 14.9. The molecule has 4 aliphatic rings. The van der Waals surface area contributed by atoms with Crippen LogP contribution < -0.4 is 15.1 Å². The van der Waals surface area contributed by atoms with Crippen LogP contribution >= 0.6 is 0 Å². The molecule has 0 unspecified atom stereocenters. The molecular formula is C37H50F2N8O2. The van der Waals surface area contributed by atoms with E-state index < -0.39 is 6.43 Å². The highest BCUT2D eigenvalue weighted by atomic mass is 19.3. The van der Waals surface area contributed by atoms with Gasteiger partial charge in [0.25, 0.3) is 6.43 Å². The van der Waals surface area contributed by atoms with E-state index in [0.29, 0.717) is 62.1 Å². The summed E-state index contributed by atoms with van der Waals surface area (Å²) < 4.78 is 37.5. The van der Waals surface area contributed by atoms with Crippen LogP contribution in [0, 0.1) is 6.92 Å². The lowest BCUT2D eigenvalue weighted by Gasteiger charge is -2.40. The highest BCUT2D eigenvalue weighted by Gasteiger charge is 2.33. The average molecular weight is 677 g/mol. The van der Waals surface area contributed by atoms with Gasteiger partial charge in [-0.2, -0.15) is 5.10 Å². The molecule has 264 valence electrons. The Morgan fingerprint density at radius 3 is 2.45 bits per heavy atom. The molecule has 7 rings (SSSR count). The SMILES string of the molecule is CCN(c1cc(C(F)F)c(-c2ccc(N3CCC(N4CCNCC4)CC3)nc2)cc1C)c1nn(C2CCOCC2)c2c1CN(C(C)=O)CC2. The van der Waals surface area contributed by atoms with Crippen LogP contribution in [0.25, 0.3) is 11.1 Å². The minimum absolute atomic E-state index is 0.0199. The summed E-state index contributed by atoms with van der Waals surface area (Å²) in [7, 11) is 0. The summed E-state index contributed by atoms with van der Waals surface area (Å²) in [4.78, 5) is 26.0. The second-order valence-corrected chi connectivity index (χ2v) is 13.9. The van der Waals surface area contributed by atoms with Gasteiger partial charge in [0.1, 0.15) is 5.82 Å². The molecule has 12 heteroatoms. The molecule has 0 saturated carbocycles. The molecule has 1 N–H and O–H groups in total. The molecule has 4 aliphatic heterocycles. The van der Waals surface area contributed by atoms with Crippen LogP contribution in [0.4, 0.5) is 26.1 Å². The number of piperazine rings is 1. The van der Waals surface area contributed by atoms with E-state index in [4.69, 9.17) is 14.8 Å². The number of pyridine rings is 1. The van der Waals surface area contributed by atoms with E-state index in [2.05, 4.69) is 24.7 Å². The number of benzene rings is 1. The highest BCUT2D eigenvalue weighted by Crippen LogP contribution is 2.41. The molecule has 3 aromatic rings. The fourth-order valence-electron chi connectivity index (χ4n) is 8.25. The smallest absolute Gasteiger partial charge is 0.264 e. The van der Waals surface area contributed by atoms with Gasteiger partial charge in [-0.05, 0) is 74.9 Å². The lowest BCUT2D eigenvalue weighted by atomic mass is 9.96. The Morgan fingerprint density at radius 1 is 1.04 bits per heavy atom. The maximum atomic E-state index is 14.9. The first-order valence-electron chi connectivity index (χ1n) is 18.1. The van der Waals surface area contributed by atoms with E-state index in [0.717, 1.165) is 93.4 Å². The summed E-state index contributed by atoms with van der Waals surface area (Å²) >= 11 is 0. The quantitative estimate of drug-likeness (QED) is 0.336. The van der Waals surface area contributed by atoms with Crippen molar-refractivity contribution >= 4 is 23.2 Å². The van der Waals surface area contributed by atoms with Crippen LogP contribution in [0.2, 0.25) is 0 Å². The molecule has 2 aromatic heterocycles. The van der Waals surface area contributed by atoms with Crippen LogP contribution in [0.1, 0.15) is 74.4 Å². The van der Waals surface area contributed by atoms with Crippen molar-refractivity contribution in [2.75, 3.05) is 75.4 Å². The molecule has 0 aliphatic carbocycles. The third-order valence-corrected chi connectivity index (χ3v) is 11.0. The number of aromatic nitrogens is 3. The predicted octanol–water partition coefficient (Wildman–Crippen LogP) is 5.48. The highest BCUT2D eigenvalue weighted by molar-refractivity contribution is 5.77. The van der Waals surface area contributed by atoms with Crippen LogP contribution in [-0.2, 0) is 22.5 Å². The van der Waals surface area contributed by atoms with Gasteiger partial charge >= 0.3 is 0 Å². The number of fused-ring (bicyclic) bond motifs is 1. The van der Waals surface area contributed by atoms with E-state index in [1.54, 1.807) is 19.2 Å². The lowest BCUT2D eigenvalue weighted by Crippen LogP contribution is -2.52. The molecule has 1 amide bonds. The number of aryl methyl sites for hydroxylation is 1. The Labute approximate surface area is 288 Å². The fourth-order valence-corrected chi connectivity index (χ4v) is 8.25. The molecule has 10 nitrogen and oxygen atoms in total. The van der Waals surface area contributed by atoms with Crippen molar-refractivity contribution in [3.63, 3.8) is 0 Å². The zero-order valence-electron chi connectivity index (χ0n) is 29.1. The first-order valence-corrected chi connectivity index (χ1v) is 18.1. The Kier molecular flexibility index (Phi) is 10.2. The van der Waals surface area contributed by atoms with Gasteiger partial charge in [-0.25, -0.2) is 13.8 Å². The number of hydrogen-bond donors (Lipinski definition) is 1. The van der Waals surface area contributed by atoms with Crippen LogP contribution in [-0.4, -0.2) is 102 Å². The normalized spacial score (nSPS) is 19.8. The standard InChI is InChI=1S/C37H50F2N8O2/c1-4-46(37-32-24-45(26(3)48)16-9-33(32)47(42-37)29-10-19-49-20-11-29)34-22-31(36(38)39)30(21-25(34)2)27-5-6-35(41-23-27)44-14-7-28(8-15-44)43-17-12-40-13-18-43/h5-6,21-23,28-29,36,40H,4,7-20,24H2,1-3H3. The van der Waals surface area contributed by atoms with Crippen LogP contribution in [0.3, 0.4) is 0 Å². The molecule has 3 fully saturated rings. The Hall–Kier alpha value is -3.61. The fraction of sp³-hybridized carbons (Fsp3) is 0.595. The molecule has 1 aromatic carbocycles. The van der Waals surface area contributed by atoms with E-state index in [-0.39, 0.29) is 17.5 Å². The van der Waals surface area contributed by atoms with Crippen LogP contribution in [0.15, 0.2) is 30.5 Å². The zero-order valence-corrected chi connectivity index (χ0v) is 29.1.